The Kier molecular flexibility index (Phi) is 7.24. The summed E-state index contributed by atoms with van der Waals surface area (Å²) in [5, 5.41) is 0. The number of rotatable bonds is 6. The van der Waals surface area contributed by atoms with Gasteiger partial charge in [0.2, 0.25) is 0 Å². The normalized spacial score (nSPS) is 42.3. The van der Waals surface area contributed by atoms with Gasteiger partial charge in [-0.15, -0.1) is 0 Å². The van der Waals surface area contributed by atoms with Gasteiger partial charge in [-0.25, -0.2) is 0 Å². The van der Waals surface area contributed by atoms with Crippen molar-refractivity contribution >= 4 is 5.97 Å². The highest BCUT2D eigenvalue weighted by Crippen LogP contribution is 2.67. The molecule has 0 unspecified atom stereocenters. The fourth-order valence-electron chi connectivity index (χ4n) is 9.15. The fraction of sp³-hybridized carbons (Fsp3) is 0.839. The van der Waals surface area contributed by atoms with Gasteiger partial charge in [0.25, 0.3) is 0 Å². The lowest BCUT2D eigenvalue weighted by molar-refractivity contribution is -0.148. The lowest BCUT2D eigenvalue weighted by Gasteiger charge is -2.58. The van der Waals surface area contributed by atoms with Crippen LogP contribution < -0.4 is 0 Å². The Balaban J connectivity index is 1.49. The molecule has 4 rings (SSSR count). The molecule has 0 N–H and O–H groups in total. The molecule has 2 nitrogen and oxygen atoms in total. The maximum absolute atomic E-state index is 11.5. The van der Waals surface area contributed by atoms with Crippen LogP contribution in [0.25, 0.3) is 0 Å². The van der Waals surface area contributed by atoms with Gasteiger partial charge in [-0.3, -0.25) is 4.79 Å². The molecule has 9 atom stereocenters. The van der Waals surface area contributed by atoms with Gasteiger partial charge in [-0.2, -0.15) is 0 Å². The molecule has 0 aliphatic heterocycles. The molecule has 0 amide bonds. The molecule has 3 saturated carbocycles. The van der Waals surface area contributed by atoms with Crippen molar-refractivity contribution in [2.24, 2.45) is 52.3 Å². The van der Waals surface area contributed by atoms with Crippen molar-refractivity contribution < 1.29 is 9.53 Å². The maximum atomic E-state index is 11.5. The minimum atomic E-state index is -0.120. The monoisotopic (exact) mass is 454 g/mol. The number of hydrogen-bond acceptors (Lipinski definition) is 2. The standard InChI is InChI=1S/C31H50O2/c1-8-23(20(2)3)10-9-21(4)27-13-14-28-26-12-11-24-19-25(33-22(5)32)15-17-30(24,6)29(26)16-18-31(27,28)7/h9-11,20-21,23,25-29H,8,12-19H2,1-7H3/b10-9+/t21-,23-,25+,26+,27-,28-,29+,30+,31-/m1/s1. The molecular formula is C31H50O2. The summed E-state index contributed by atoms with van der Waals surface area (Å²) in [6, 6.07) is 0. The number of esters is 1. The van der Waals surface area contributed by atoms with Crippen LogP contribution in [0.4, 0.5) is 0 Å². The van der Waals surface area contributed by atoms with Crippen LogP contribution in [0.2, 0.25) is 0 Å². The highest BCUT2D eigenvalue weighted by Gasteiger charge is 2.59. The minimum Gasteiger partial charge on any atom is -0.462 e. The molecule has 0 saturated heterocycles. The second-order valence-electron chi connectivity index (χ2n) is 13.0. The van der Waals surface area contributed by atoms with E-state index in [1.165, 1.54) is 44.9 Å². The van der Waals surface area contributed by atoms with Gasteiger partial charge >= 0.3 is 5.97 Å². The Morgan fingerprint density at radius 3 is 2.52 bits per heavy atom. The molecule has 2 heteroatoms. The summed E-state index contributed by atoms with van der Waals surface area (Å²) >= 11 is 0. The van der Waals surface area contributed by atoms with Gasteiger partial charge < -0.3 is 4.74 Å². The van der Waals surface area contributed by atoms with Crippen LogP contribution >= 0.6 is 0 Å². The van der Waals surface area contributed by atoms with E-state index in [-0.39, 0.29) is 12.1 Å². The zero-order valence-electron chi connectivity index (χ0n) is 22.5. The van der Waals surface area contributed by atoms with E-state index in [1.807, 2.05) is 0 Å². The molecule has 33 heavy (non-hydrogen) atoms. The molecule has 4 aliphatic rings. The number of hydrogen-bond donors (Lipinski definition) is 0. The molecule has 4 aliphatic carbocycles. The van der Waals surface area contributed by atoms with Crippen LogP contribution in [0.5, 0.6) is 0 Å². The van der Waals surface area contributed by atoms with Crippen LogP contribution in [-0.2, 0) is 9.53 Å². The van der Waals surface area contributed by atoms with Crippen molar-refractivity contribution in [3.8, 4) is 0 Å². The van der Waals surface area contributed by atoms with Crippen molar-refractivity contribution in [2.75, 3.05) is 0 Å². The summed E-state index contributed by atoms with van der Waals surface area (Å²) in [6.07, 6.45) is 19.2. The van der Waals surface area contributed by atoms with Crippen molar-refractivity contribution in [1.82, 2.24) is 0 Å². The van der Waals surface area contributed by atoms with Crippen LogP contribution in [-0.4, -0.2) is 12.1 Å². The summed E-state index contributed by atoms with van der Waals surface area (Å²) in [5.74, 6) is 5.41. The van der Waals surface area contributed by atoms with Gasteiger partial charge in [-0.05, 0) is 104 Å². The van der Waals surface area contributed by atoms with E-state index in [0.29, 0.717) is 16.7 Å². The van der Waals surface area contributed by atoms with Crippen molar-refractivity contribution in [3.05, 3.63) is 23.8 Å². The third-order valence-corrected chi connectivity index (χ3v) is 11.1. The molecule has 0 radical (unpaired) electrons. The average molecular weight is 455 g/mol. The van der Waals surface area contributed by atoms with E-state index in [9.17, 15) is 4.79 Å². The molecule has 0 aromatic carbocycles. The topological polar surface area (TPSA) is 26.3 Å². The van der Waals surface area contributed by atoms with Gasteiger partial charge in [-0.1, -0.05) is 65.3 Å². The molecular weight excluding hydrogens is 404 g/mol. The first-order valence-corrected chi connectivity index (χ1v) is 14.1. The summed E-state index contributed by atoms with van der Waals surface area (Å²) < 4.78 is 5.62. The molecule has 0 aromatic rings. The van der Waals surface area contributed by atoms with Crippen LogP contribution in [0.15, 0.2) is 23.8 Å². The van der Waals surface area contributed by atoms with Crippen molar-refractivity contribution in [3.63, 3.8) is 0 Å². The molecule has 186 valence electrons. The third kappa shape index (κ3) is 4.50. The van der Waals surface area contributed by atoms with Gasteiger partial charge in [0.15, 0.2) is 0 Å². The Labute approximate surface area is 204 Å². The smallest absolute Gasteiger partial charge is 0.302 e. The summed E-state index contributed by atoms with van der Waals surface area (Å²) in [7, 11) is 0. The molecule has 0 aromatic heterocycles. The summed E-state index contributed by atoms with van der Waals surface area (Å²) in [5.41, 5.74) is 2.44. The zero-order valence-corrected chi connectivity index (χ0v) is 22.5. The average Bonchev–Trinajstić information content (AvgIpc) is 3.11. The number of carbonyl (C=O) groups excluding carboxylic acids is 1. The van der Waals surface area contributed by atoms with Gasteiger partial charge in [0.1, 0.15) is 6.10 Å². The van der Waals surface area contributed by atoms with E-state index in [4.69, 9.17) is 4.74 Å². The predicted octanol–water partition coefficient (Wildman–Crippen LogP) is 8.37. The Morgan fingerprint density at radius 2 is 1.85 bits per heavy atom. The quantitative estimate of drug-likeness (QED) is 0.297. The van der Waals surface area contributed by atoms with Gasteiger partial charge in [0.05, 0.1) is 0 Å². The lowest BCUT2D eigenvalue weighted by Crippen LogP contribution is -2.51. The van der Waals surface area contributed by atoms with Gasteiger partial charge in [0, 0.05) is 13.3 Å². The SMILES string of the molecule is CC[C@H](/C=C/[C@@H](C)[C@H]1CC[C@@H]2[C@@H]3CC=C4C[C@@H](OC(C)=O)CC[C@]4(C)[C@H]3CC[C@@]21C)C(C)C. The molecule has 3 fully saturated rings. The number of carbonyl (C=O) groups is 1. The minimum absolute atomic E-state index is 0.105. The van der Waals surface area contributed by atoms with Crippen LogP contribution in [0.3, 0.4) is 0 Å². The van der Waals surface area contributed by atoms with Crippen LogP contribution in [0.1, 0.15) is 106 Å². The number of fused-ring (bicyclic) bond motifs is 5. The fourth-order valence-corrected chi connectivity index (χ4v) is 9.15. The Hall–Kier alpha value is -1.05. The molecule has 0 heterocycles. The largest absolute Gasteiger partial charge is 0.462 e. The highest BCUT2D eigenvalue weighted by molar-refractivity contribution is 5.66. The number of ether oxygens (including phenoxy) is 1. The number of allylic oxidation sites excluding steroid dienone is 3. The maximum Gasteiger partial charge on any atom is 0.302 e. The van der Waals surface area contributed by atoms with Crippen molar-refractivity contribution in [2.45, 2.75) is 112 Å². The summed E-state index contributed by atoms with van der Waals surface area (Å²) in [4.78, 5) is 11.5. The first-order valence-electron chi connectivity index (χ1n) is 14.1. The van der Waals surface area contributed by atoms with Crippen LogP contribution in [0, 0.1) is 52.3 Å². The van der Waals surface area contributed by atoms with E-state index in [1.54, 1.807) is 12.5 Å². The van der Waals surface area contributed by atoms with E-state index in [0.717, 1.165) is 48.3 Å². The summed E-state index contributed by atoms with van der Waals surface area (Å²) in [6.45, 7) is 16.3. The Bertz CT molecular complexity index is 778. The first-order chi connectivity index (χ1) is 15.6. The molecule has 0 bridgehead atoms. The third-order valence-electron chi connectivity index (χ3n) is 11.1. The zero-order chi connectivity index (χ0) is 24.0. The lowest BCUT2D eigenvalue weighted by atomic mass is 9.47. The molecule has 0 spiro atoms. The van der Waals surface area contributed by atoms with E-state index in [2.05, 4.69) is 59.8 Å². The second-order valence-corrected chi connectivity index (χ2v) is 13.0. The highest BCUT2D eigenvalue weighted by atomic mass is 16.5. The van der Waals surface area contributed by atoms with Crippen molar-refractivity contribution in [1.29, 1.82) is 0 Å². The Morgan fingerprint density at radius 1 is 1.09 bits per heavy atom. The first kappa shape index (κ1) is 25.1. The van der Waals surface area contributed by atoms with E-state index < -0.39 is 0 Å². The second kappa shape index (κ2) is 9.54. The predicted molar refractivity (Wildman–Crippen MR) is 138 cm³/mol. The van der Waals surface area contributed by atoms with E-state index >= 15 is 0 Å².